The van der Waals surface area contributed by atoms with Crippen LogP contribution in [0.3, 0.4) is 0 Å². The second-order valence-corrected chi connectivity index (χ2v) is 11.1. The fraction of sp³-hybridized carbons (Fsp3) is 0.250. The van der Waals surface area contributed by atoms with Crippen LogP contribution < -0.4 is 10.6 Å². The van der Waals surface area contributed by atoms with E-state index >= 15 is 4.39 Å². The van der Waals surface area contributed by atoms with Crippen LogP contribution in [0.5, 0.6) is 0 Å². The van der Waals surface area contributed by atoms with Crippen molar-refractivity contribution in [3.8, 4) is 22.5 Å². The van der Waals surface area contributed by atoms with Crippen molar-refractivity contribution in [1.82, 2.24) is 29.5 Å². The molecule has 0 unspecified atom stereocenters. The average molecular weight is 577 g/mol. The van der Waals surface area contributed by atoms with Crippen LogP contribution >= 0.6 is 0 Å². The summed E-state index contributed by atoms with van der Waals surface area (Å²) in [6.07, 6.45) is 6.12. The van der Waals surface area contributed by atoms with E-state index in [1.54, 1.807) is 35.1 Å². The number of halogens is 1. The van der Waals surface area contributed by atoms with Gasteiger partial charge in [0, 0.05) is 54.9 Å². The lowest BCUT2D eigenvalue weighted by molar-refractivity contribution is -0.121. The summed E-state index contributed by atoms with van der Waals surface area (Å²) in [5.74, 6) is -1.23. The third kappa shape index (κ3) is 4.76. The highest BCUT2D eigenvalue weighted by Crippen LogP contribution is 2.33. The molecule has 5 aromatic rings. The Morgan fingerprint density at radius 2 is 1.84 bits per heavy atom. The van der Waals surface area contributed by atoms with Gasteiger partial charge in [0.1, 0.15) is 17.8 Å². The van der Waals surface area contributed by atoms with Gasteiger partial charge in [0.15, 0.2) is 5.65 Å². The van der Waals surface area contributed by atoms with E-state index in [2.05, 4.69) is 22.1 Å². The normalized spacial score (nSPS) is 18.2. The first-order valence-corrected chi connectivity index (χ1v) is 14.3. The van der Waals surface area contributed by atoms with Gasteiger partial charge in [-0.25, -0.2) is 23.9 Å². The van der Waals surface area contributed by atoms with Crippen LogP contribution in [-0.4, -0.2) is 60.9 Å². The van der Waals surface area contributed by atoms with E-state index in [0.717, 1.165) is 12.0 Å². The average Bonchev–Trinajstić information content (AvgIpc) is 3.69. The van der Waals surface area contributed by atoms with Crippen molar-refractivity contribution in [3.05, 3.63) is 96.0 Å². The predicted octanol–water partition coefficient (Wildman–Crippen LogP) is 4.06. The van der Waals surface area contributed by atoms with Gasteiger partial charge in [-0.05, 0) is 55.2 Å². The number of nitrogens with zero attached hydrogens (tertiary/aromatic N) is 7. The van der Waals surface area contributed by atoms with Gasteiger partial charge in [-0.3, -0.25) is 9.59 Å². The second-order valence-electron chi connectivity index (χ2n) is 11.1. The largest absolute Gasteiger partial charge is 0.371 e. The molecule has 0 bridgehead atoms. The molecule has 3 aromatic heterocycles. The third-order valence-corrected chi connectivity index (χ3v) is 8.54. The molecule has 11 heteroatoms. The Hall–Kier alpha value is -5.19. The zero-order valence-corrected chi connectivity index (χ0v) is 23.5. The van der Waals surface area contributed by atoms with Crippen molar-refractivity contribution in [2.75, 3.05) is 24.5 Å². The SMILES string of the molecule is C[C@@H]1c2ccccc2CCN1C(=O)c1cc(-c2cncnc2)n2nc(-c3ccc(N4CC[C@H](C(N)=O)C4)cc3F)cc2n1. The minimum absolute atomic E-state index is 0.110. The molecular formula is C32H29FN8O2. The number of rotatable bonds is 5. The molecule has 2 amide bonds. The lowest BCUT2D eigenvalue weighted by Crippen LogP contribution is -2.39. The Kier molecular flexibility index (Phi) is 6.56. The highest BCUT2D eigenvalue weighted by Gasteiger charge is 2.30. The molecule has 5 heterocycles. The minimum Gasteiger partial charge on any atom is -0.371 e. The molecule has 1 fully saturated rings. The summed E-state index contributed by atoms with van der Waals surface area (Å²) in [5.41, 5.74) is 11.1. The van der Waals surface area contributed by atoms with Crippen molar-refractivity contribution in [1.29, 1.82) is 0 Å². The van der Waals surface area contributed by atoms with E-state index in [1.807, 2.05) is 34.9 Å². The highest BCUT2D eigenvalue weighted by molar-refractivity contribution is 5.94. The molecule has 2 aromatic carbocycles. The Balaban J connectivity index is 1.26. The van der Waals surface area contributed by atoms with Crippen LogP contribution in [0.4, 0.5) is 10.1 Å². The Labute approximate surface area is 247 Å². The maximum atomic E-state index is 15.5. The van der Waals surface area contributed by atoms with E-state index in [0.29, 0.717) is 59.9 Å². The Bertz CT molecular complexity index is 1870. The van der Waals surface area contributed by atoms with Gasteiger partial charge in [0.05, 0.1) is 23.3 Å². The van der Waals surface area contributed by atoms with Gasteiger partial charge in [-0.1, -0.05) is 24.3 Å². The first kappa shape index (κ1) is 26.7. The van der Waals surface area contributed by atoms with E-state index in [4.69, 9.17) is 15.8 Å². The van der Waals surface area contributed by atoms with Crippen molar-refractivity contribution < 1.29 is 14.0 Å². The molecule has 2 N–H and O–H groups in total. The number of carbonyl (C=O) groups excluding carboxylic acids is 2. The van der Waals surface area contributed by atoms with Crippen molar-refractivity contribution >= 4 is 23.1 Å². The van der Waals surface area contributed by atoms with Crippen molar-refractivity contribution in [2.45, 2.75) is 25.8 Å². The van der Waals surface area contributed by atoms with E-state index < -0.39 is 5.82 Å². The van der Waals surface area contributed by atoms with E-state index in [9.17, 15) is 9.59 Å². The number of fused-ring (bicyclic) bond motifs is 2. The molecule has 43 heavy (non-hydrogen) atoms. The number of hydrogen-bond acceptors (Lipinski definition) is 7. The molecule has 0 saturated carbocycles. The number of aromatic nitrogens is 5. The molecule has 2 aliphatic heterocycles. The highest BCUT2D eigenvalue weighted by atomic mass is 19.1. The lowest BCUT2D eigenvalue weighted by Gasteiger charge is -2.35. The summed E-state index contributed by atoms with van der Waals surface area (Å²) < 4.78 is 17.1. The van der Waals surface area contributed by atoms with E-state index in [-0.39, 0.29) is 29.5 Å². The molecule has 216 valence electrons. The molecular weight excluding hydrogens is 547 g/mol. The zero-order valence-electron chi connectivity index (χ0n) is 23.5. The summed E-state index contributed by atoms with van der Waals surface area (Å²) in [4.78, 5) is 42.3. The number of nitrogens with two attached hydrogens (primary N) is 1. The fourth-order valence-electron chi connectivity index (χ4n) is 6.18. The monoisotopic (exact) mass is 576 g/mol. The third-order valence-electron chi connectivity index (χ3n) is 8.54. The molecule has 0 aliphatic carbocycles. The smallest absolute Gasteiger partial charge is 0.273 e. The molecule has 7 rings (SSSR count). The van der Waals surface area contributed by atoms with Gasteiger partial charge in [-0.2, -0.15) is 5.10 Å². The summed E-state index contributed by atoms with van der Waals surface area (Å²) in [6, 6.07) is 16.4. The second kappa shape index (κ2) is 10.6. The molecule has 10 nitrogen and oxygen atoms in total. The number of hydrogen-bond donors (Lipinski definition) is 1. The Morgan fingerprint density at radius 3 is 2.60 bits per heavy atom. The van der Waals surface area contributed by atoms with Gasteiger partial charge in [0.2, 0.25) is 5.91 Å². The first-order valence-electron chi connectivity index (χ1n) is 14.3. The number of carbonyl (C=O) groups is 2. The number of benzene rings is 2. The summed E-state index contributed by atoms with van der Waals surface area (Å²) in [7, 11) is 0. The summed E-state index contributed by atoms with van der Waals surface area (Å²) >= 11 is 0. The number of amides is 2. The quantitative estimate of drug-likeness (QED) is 0.335. The zero-order chi connectivity index (χ0) is 29.7. The first-order chi connectivity index (χ1) is 20.9. The maximum Gasteiger partial charge on any atom is 0.273 e. The van der Waals surface area contributed by atoms with Crippen LogP contribution in [0.15, 0.2) is 73.3 Å². The molecule has 1 saturated heterocycles. The van der Waals surface area contributed by atoms with Gasteiger partial charge in [0.25, 0.3) is 5.91 Å². The van der Waals surface area contributed by atoms with Gasteiger partial charge < -0.3 is 15.5 Å². The van der Waals surface area contributed by atoms with Gasteiger partial charge >= 0.3 is 0 Å². The van der Waals surface area contributed by atoms with E-state index in [1.165, 1.54) is 18.0 Å². The Morgan fingerprint density at radius 1 is 1.02 bits per heavy atom. The van der Waals surface area contributed by atoms with Crippen LogP contribution in [0.1, 0.15) is 41.0 Å². The molecule has 0 radical (unpaired) electrons. The minimum atomic E-state index is -0.454. The summed E-state index contributed by atoms with van der Waals surface area (Å²) in [6.45, 7) is 3.70. The fourth-order valence-corrected chi connectivity index (χ4v) is 6.18. The van der Waals surface area contributed by atoms with Crippen LogP contribution in [0.25, 0.3) is 28.2 Å². The number of primary amides is 1. The maximum absolute atomic E-state index is 15.5. The topological polar surface area (TPSA) is 123 Å². The lowest BCUT2D eigenvalue weighted by atomic mass is 9.93. The predicted molar refractivity (Wildman–Crippen MR) is 159 cm³/mol. The standard InChI is InChI=1S/C32H29FN8O2/c1-19-24-5-3-2-4-20(24)9-11-40(19)32(43)28-13-29(22-15-35-18-36-16-22)41-30(37-28)14-27(38-41)25-7-6-23(12-26(25)33)39-10-8-21(17-39)31(34)42/h2-7,12-16,18-19,21H,8-11,17H2,1H3,(H2,34,42)/t19-,21+/m1/s1. The summed E-state index contributed by atoms with van der Waals surface area (Å²) in [5, 5.41) is 4.70. The van der Waals surface area contributed by atoms with Crippen LogP contribution in [0, 0.1) is 11.7 Å². The molecule has 0 spiro atoms. The van der Waals surface area contributed by atoms with Crippen LogP contribution in [-0.2, 0) is 11.2 Å². The molecule has 2 aliphatic rings. The molecule has 2 atom stereocenters. The van der Waals surface area contributed by atoms with Crippen LogP contribution in [0.2, 0.25) is 0 Å². The number of anilines is 1. The van der Waals surface area contributed by atoms with Gasteiger partial charge in [-0.15, -0.1) is 0 Å². The van der Waals surface area contributed by atoms with Crippen molar-refractivity contribution in [3.63, 3.8) is 0 Å². The van der Waals surface area contributed by atoms with Crippen molar-refractivity contribution in [2.24, 2.45) is 11.7 Å².